The molecule has 1 heterocycles. The van der Waals surface area contributed by atoms with E-state index in [9.17, 15) is 13.5 Å². The second kappa shape index (κ2) is 4.34. The van der Waals surface area contributed by atoms with Crippen molar-refractivity contribution >= 4 is 10.1 Å². The molecule has 2 N–H and O–H groups in total. The molecule has 78 valence electrons. The summed E-state index contributed by atoms with van der Waals surface area (Å²) in [6, 6.07) is 0. The fraction of sp³-hybridized carbons (Fsp3) is 1.00. The lowest BCUT2D eigenvalue weighted by atomic mass is 10.4. The Morgan fingerprint density at radius 3 is 2.69 bits per heavy atom. The van der Waals surface area contributed by atoms with Crippen molar-refractivity contribution in [3.05, 3.63) is 0 Å². The molecule has 6 nitrogen and oxygen atoms in total. The molecule has 0 spiro atoms. The summed E-state index contributed by atoms with van der Waals surface area (Å²) >= 11 is 0. The van der Waals surface area contributed by atoms with Crippen molar-refractivity contribution in [2.45, 2.75) is 6.10 Å². The number of hydrogen-bond donors (Lipinski definition) is 2. The number of aliphatic hydroxyl groups excluding tert-OH is 1. The predicted octanol–water partition coefficient (Wildman–Crippen LogP) is -1.48. The van der Waals surface area contributed by atoms with E-state index >= 15 is 0 Å². The van der Waals surface area contributed by atoms with Gasteiger partial charge in [0.1, 0.15) is 5.75 Å². The summed E-state index contributed by atoms with van der Waals surface area (Å²) in [5.74, 6) is -0.622. The van der Waals surface area contributed by atoms with Crippen molar-refractivity contribution in [1.29, 1.82) is 0 Å². The molecule has 0 aromatic carbocycles. The van der Waals surface area contributed by atoms with Crippen LogP contribution >= 0.6 is 0 Å². The van der Waals surface area contributed by atoms with Gasteiger partial charge < -0.3 is 9.84 Å². The van der Waals surface area contributed by atoms with Gasteiger partial charge in [0.2, 0.25) is 0 Å². The van der Waals surface area contributed by atoms with Gasteiger partial charge in [0.05, 0.1) is 19.4 Å². The number of rotatable bonds is 4. The molecule has 1 aliphatic heterocycles. The third kappa shape index (κ3) is 4.53. The average molecular weight is 211 g/mol. The number of aliphatic hydroxyl groups is 1. The average Bonchev–Trinajstić information content (AvgIpc) is 2.34. The zero-order valence-electron chi connectivity index (χ0n) is 7.09. The molecule has 0 amide bonds. The highest BCUT2D eigenvalue weighted by Gasteiger charge is 2.19. The van der Waals surface area contributed by atoms with Gasteiger partial charge in [0, 0.05) is 13.1 Å². The van der Waals surface area contributed by atoms with Crippen molar-refractivity contribution in [3.63, 3.8) is 0 Å². The number of hydrogen-bond acceptors (Lipinski definition) is 5. The minimum absolute atomic E-state index is 0.208. The summed E-state index contributed by atoms with van der Waals surface area (Å²) in [4.78, 5) is 1.77. The normalized spacial score (nSPS) is 22.0. The quantitative estimate of drug-likeness (QED) is 0.552. The van der Waals surface area contributed by atoms with Crippen LogP contribution in [-0.4, -0.2) is 61.3 Å². The van der Waals surface area contributed by atoms with E-state index in [1.165, 1.54) is 0 Å². The first kappa shape index (κ1) is 10.9. The van der Waals surface area contributed by atoms with E-state index in [4.69, 9.17) is 9.29 Å². The molecule has 0 saturated carbocycles. The van der Waals surface area contributed by atoms with E-state index < -0.39 is 22.0 Å². The minimum Gasteiger partial charge on any atom is -0.391 e. The lowest BCUT2D eigenvalue weighted by molar-refractivity contribution is 0.0961. The minimum atomic E-state index is -4.08. The van der Waals surface area contributed by atoms with Gasteiger partial charge in [-0.25, -0.2) is 0 Å². The van der Waals surface area contributed by atoms with Gasteiger partial charge in [0.25, 0.3) is 10.1 Å². The molecule has 0 aromatic heterocycles. The summed E-state index contributed by atoms with van der Waals surface area (Å²) in [5, 5.41) is 9.21. The molecule has 0 bridgehead atoms. The Kier molecular flexibility index (Phi) is 3.63. The highest BCUT2D eigenvalue weighted by atomic mass is 32.2. The van der Waals surface area contributed by atoms with E-state index in [0.29, 0.717) is 19.9 Å². The highest BCUT2D eigenvalue weighted by molar-refractivity contribution is 7.85. The molecule has 1 fully saturated rings. The largest absolute Gasteiger partial charge is 0.391 e. The van der Waals surface area contributed by atoms with Crippen LogP contribution in [0.5, 0.6) is 0 Å². The van der Waals surface area contributed by atoms with Crippen LogP contribution in [0.1, 0.15) is 0 Å². The summed E-state index contributed by atoms with van der Waals surface area (Å²) in [6.45, 7) is 1.89. The summed E-state index contributed by atoms with van der Waals surface area (Å²) in [6.07, 6.45) is -1.06. The Labute approximate surface area is 76.9 Å². The third-order valence-electron chi connectivity index (χ3n) is 1.70. The first-order valence-corrected chi connectivity index (χ1v) is 5.51. The maximum atomic E-state index is 10.4. The van der Waals surface area contributed by atoms with Gasteiger partial charge >= 0.3 is 0 Å². The Bertz CT molecular complexity index is 246. The predicted molar refractivity (Wildman–Crippen MR) is 44.8 cm³/mol. The van der Waals surface area contributed by atoms with Crippen LogP contribution in [0.15, 0.2) is 0 Å². The van der Waals surface area contributed by atoms with E-state index in [-0.39, 0.29) is 6.54 Å². The zero-order valence-corrected chi connectivity index (χ0v) is 7.90. The van der Waals surface area contributed by atoms with Crippen molar-refractivity contribution < 1.29 is 22.8 Å². The van der Waals surface area contributed by atoms with Crippen LogP contribution in [0, 0.1) is 0 Å². The van der Waals surface area contributed by atoms with Crippen LogP contribution in [0.2, 0.25) is 0 Å². The lowest BCUT2D eigenvalue weighted by Gasteiger charge is -2.16. The first-order chi connectivity index (χ1) is 5.97. The Hall–Kier alpha value is -0.210. The molecule has 1 atom stereocenters. The molecule has 1 aliphatic rings. The highest BCUT2D eigenvalue weighted by Crippen LogP contribution is 2.01. The zero-order chi connectivity index (χ0) is 9.90. The standard InChI is InChI=1S/C6H13NO5S/c8-6(4-13(9,10)11)3-7-1-2-12-5-7/h6,8H,1-5H2,(H,9,10,11). The van der Waals surface area contributed by atoms with Crippen LogP contribution in [0.4, 0.5) is 0 Å². The Morgan fingerprint density at radius 1 is 1.54 bits per heavy atom. The topological polar surface area (TPSA) is 87.1 Å². The van der Waals surface area contributed by atoms with E-state index in [2.05, 4.69) is 0 Å². The molecule has 13 heavy (non-hydrogen) atoms. The van der Waals surface area contributed by atoms with Gasteiger partial charge in [-0.1, -0.05) is 0 Å². The first-order valence-electron chi connectivity index (χ1n) is 3.91. The van der Waals surface area contributed by atoms with Gasteiger partial charge in [0.15, 0.2) is 0 Å². The number of nitrogens with zero attached hydrogens (tertiary/aromatic N) is 1. The summed E-state index contributed by atoms with van der Waals surface area (Å²) in [7, 11) is -4.08. The maximum Gasteiger partial charge on any atom is 0.267 e. The smallest absolute Gasteiger partial charge is 0.267 e. The van der Waals surface area contributed by atoms with Gasteiger partial charge in [-0.3, -0.25) is 9.45 Å². The van der Waals surface area contributed by atoms with Crippen LogP contribution in [0.3, 0.4) is 0 Å². The molecule has 0 radical (unpaired) electrons. The fourth-order valence-corrected chi connectivity index (χ4v) is 1.78. The molecule has 0 aromatic rings. The van der Waals surface area contributed by atoms with Crippen LogP contribution in [0.25, 0.3) is 0 Å². The molecule has 1 unspecified atom stereocenters. The Morgan fingerprint density at radius 2 is 2.23 bits per heavy atom. The maximum absolute atomic E-state index is 10.4. The lowest BCUT2D eigenvalue weighted by Crippen LogP contribution is -2.34. The van der Waals surface area contributed by atoms with E-state index in [1.807, 2.05) is 0 Å². The summed E-state index contributed by atoms with van der Waals surface area (Å²) < 4.78 is 34.1. The van der Waals surface area contributed by atoms with Gasteiger partial charge in [-0.15, -0.1) is 0 Å². The van der Waals surface area contributed by atoms with Crippen molar-refractivity contribution in [1.82, 2.24) is 4.90 Å². The van der Waals surface area contributed by atoms with Crippen molar-refractivity contribution in [2.24, 2.45) is 0 Å². The summed E-state index contributed by atoms with van der Waals surface area (Å²) in [5.41, 5.74) is 0. The van der Waals surface area contributed by atoms with Crippen LogP contribution in [-0.2, 0) is 14.9 Å². The molecule has 0 aliphatic carbocycles. The number of ether oxygens (including phenoxy) is 1. The van der Waals surface area contributed by atoms with Crippen molar-refractivity contribution in [2.75, 3.05) is 32.2 Å². The van der Waals surface area contributed by atoms with Crippen LogP contribution < -0.4 is 0 Å². The monoisotopic (exact) mass is 211 g/mol. The molecule has 1 saturated heterocycles. The second-order valence-corrected chi connectivity index (χ2v) is 4.51. The fourth-order valence-electron chi connectivity index (χ4n) is 1.19. The molecular weight excluding hydrogens is 198 g/mol. The van der Waals surface area contributed by atoms with Gasteiger partial charge in [-0.2, -0.15) is 8.42 Å². The molecular formula is C6H13NO5S. The second-order valence-electron chi connectivity index (χ2n) is 3.02. The number of β-amino-alcohol motifs (C(OH)–C–C–N with tert-alkyl or cyclic N) is 1. The molecule has 7 heteroatoms. The molecule has 1 rings (SSSR count). The Balaban J connectivity index is 2.28. The van der Waals surface area contributed by atoms with Crippen molar-refractivity contribution in [3.8, 4) is 0 Å². The van der Waals surface area contributed by atoms with E-state index in [0.717, 1.165) is 0 Å². The van der Waals surface area contributed by atoms with E-state index in [1.54, 1.807) is 4.90 Å². The SMILES string of the molecule is O=S(=O)(O)CC(O)CN1CCOC1. The van der Waals surface area contributed by atoms with Gasteiger partial charge in [-0.05, 0) is 0 Å². The third-order valence-corrected chi connectivity index (χ3v) is 2.50.